The van der Waals surface area contributed by atoms with Crippen molar-refractivity contribution in [2.75, 3.05) is 6.54 Å². The first-order valence-electron chi connectivity index (χ1n) is 7.86. The van der Waals surface area contributed by atoms with Gasteiger partial charge in [-0.05, 0) is 57.0 Å². The second-order valence-corrected chi connectivity index (χ2v) is 5.98. The van der Waals surface area contributed by atoms with Crippen LogP contribution in [0.2, 0.25) is 0 Å². The third kappa shape index (κ3) is 3.73. The highest BCUT2D eigenvalue weighted by Gasteiger charge is 2.16. The molecule has 0 radical (unpaired) electrons. The molecular formula is C18H27N3. The number of aromatic nitrogens is 2. The standard InChI is InChI=1S/C18H27N3/c1-6-19-18(17-9-7-8-14(4)15(17)5)12-16-10-11-21(20-16)13(2)3/h7-11,13,18-19H,6,12H2,1-5H3. The van der Waals surface area contributed by atoms with E-state index in [1.54, 1.807) is 0 Å². The molecule has 0 aliphatic rings. The predicted octanol–water partition coefficient (Wildman–Crippen LogP) is 3.97. The Morgan fingerprint density at radius 3 is 2.57 bits per heavy atom. The predicted molar refractivity (Wildman–Crippen MR) is 88.6 cm³/mol. The average molecular weight is 285 g/mol. The summed E-state index contributed by atoms with van der Waals surface area (Å²) in [4.78, 5) is 0. The second-order valence-electron chi connectivity index (χ2n) is 5.98. The Morgan fingerprint density at radius 2 is 1.95 bits per heavy atom. The van der Waals surface area contributed by atoms with Gasteiger partial charge in [-0.2, -0.15) is 5.10 Å². The van der Waals surface area contributed by atoms with E-state index in [1.807, 2.05) is 4.68 Å². The van der Waals surface area contributed by atoms with Gasteiger partial charge in [0.1, 0.15) is 0 Å². The van der Waals surface area contributed by atoms with Gasteiger partial charge in [-0.3, -0.25) is 4.68 Å². The summed E-state index contributed by atoms with van der Waals surface area (Å²) >= 11 is 0. The first-order valence-corrected chi connectivity index (χ1v) is 7.86. The summed E-state index contributed by atoms with van der Waals surface area (Å²) in [5, 5.41) is 8.29. The zero-order valence-corrected chi connectivity index (χ0v) is 13.9. The van der Waals surface area contributed by atoms with Crippen LogP contribution >= 0.6 is 0 Å². The maximum atomic E-state index is 4.69. The zero-order valence-electron chi connectivity index (χ0n) is 13.9. The smallest absolute Gasteiger partial charge is 0.0643 e. The van der Waals surface area contributed by atoms with Crippen molar-refractivity contribution in [1.29, 1.82) is 0 Å². The van der Waals surface area contributed by atoms with Gasteiger partial charge >= 0.3 is 0 Å². The number of benzene rings is 1. The van der Waals surface area contributed by atoms with Gasteiger partial charge in [-0.15, -0.1) is 0 Å². The highest BCUT2D eigenvalue weighted by Crippen LogP contribution is 2.23. The molecule has 0 aliphatic heterocycles. The summed E-state index contributed by atoms with van der Waals surface area (Å²) in [5.41, 5.74) is 5.27. The highest BCUT2D eigenvalue weighted by atomic mass is 15.3. The van der Waals surface area contributed by atoms with Gasteiger partial charge in [0.2, 0.25) is 0 Å². The van der Waals surface area contributed by atoms with Crippen LogP contribution in [0.25, 0.3) is 0 Å². The van der Waals surface area contributed by atoms with Gasteiger partial charge in [-0.25, -0.2) is 0 Å². The Labute approximate surface area is 128 Å². The fourth-order valence-electron chi connectivity index (χ4n) is 2.67. The molecule has 3 heteroatoms. The largest absolute Gasteiger partial charge is 0.310 e. The molecule has 21 heavy (non-hydrogen) atoms. The molecule has 3 nitrogen and oxygen atoms in total. The van der Waals surface area contributed by atoms with Crippen molar-refractivity contribution in [3.05, 3.63) is 52.8 Å². The molecule has 2 aromatic rings. The number of rotatable bonds is 6. The number of nitrogens with one attached hydrogen (secondary N) is 1. The molecular weight excluding hydrogens is 258 g/mol. The first-order chi connectivity index (χ1) is 10.0. The minimum absolute atomic E-state index is 0.324. The van der Waals surface area contributed by atoms with E-state index in [2.05, 4.69) is 75.5 Å². The number of nitrogens with zero attached hydrogens (tertiary/aromatic N) is 2. The number of hydrogen-bond donors (Lipinski definition) is 1. The van der Waals surface area contributed by atoms with Crippen molar-refractivity contribution in [2.45, 2.75) is 53.1 Å². The molecule has 0 saturated heterocycles. The third-order valence-corrected chi connectivity index (χ3v) is 4.08. The van der Waals surface area contributed by atoms with E-state index < -0.39 is 0 Å². The van der Waals surface area contributed by atoms with Crippen molar-refractivity contribution in [3.8, 4) is 0 Å². The number of hydrogen-bond acceptors (Lipinski definition) is 2. The molecule has 0 amide bonds. The van der Waals surface area contributed by atoms with Gasteiger partial charge in [0.15, 0.2) is 0 Å². The van der Waals surface area contributed by atoms with Crippen LogP contribution in [0.5, 0.6) is 0 Å². The fourth-order valence-corrected chi connectivity index (χ4v) is 2.67. The Kier molecular flexibility index (Phi) is 5.18. The highest BCUT2D eigenvalue weighted by molar-refractivity contribution is 5.36. The van der Waals surface area contributed by atoms with Crippen LogP contribution in [0.15, 0.2) is 30.5 Å². The van der Waals surface area contributed by atoms with E-state index in [-0.39, 0.29) is 0 Å². The lowest BCUT2D eigenvalue weighted by Crippen LogP contribution is -2.24. The van der Waals surface area contributed by atoms with E-state index in [0.717, 1.165) is 18.7 Å². The van der Waals surface area contributed by atoms with Gasteiger partial charge < -0.3 is 5.32 Å². The molecule has 0 fully saturated rings. The summed E-state index contributed by atoms with van der Waals surface area (Å²) < 4.78 is 2.03. The van der Waals surface area contributed by atoms with Crippen LogP contribution in [-0.2, 0) is 6.42 Å². The molecule has 1 heterocycles. The summed E-state index contributed by atoms with van der Waals surface area (Å²) in [6.45, 7) is 11.8. The monoisotopic (exact) mass is 285 g/mol. The van der Waals surface area contributed by atoms with Crippen molar-refractivity contribution in [3.63, 3.8) is 0 Å². The van der Waals surface area contributed by atoms with Crippen LogP contribution in [-0.4, -0.2) is 16.3 Å². The Hall–Kier alpha value is -1.61. The van der Waals surface area contributed by atoms with Gasteiger partial charge in [0.25, 0.3) is 0 Å². The molecule has 1 aromatic carbocycles. The van der Waals surface area contributed by atoms with Crippen LogP contribution in [0, 0.1) is 13.8 Å². The third-order valence-electron chi connectivity index (χ3n) is 4.08. The van der Waals surface area contributed by atoms with Crippen LogP contribution in [0.4, 0.5) is 0 Å². The molecule has 1 aromatic heterocycles. The lowest BCUT2D eigenvalue weighted by Gasteiger charge is -2.20. The van der Waals surface area contributed by atoms with E-state index in [1.165, 1.54) is 16.7 Å². The zero-order chi connectivity index (χ0) is 15.4. The Balaban J connectivity index is 2.24. The van der Waals surface area contributed by atoms with Gasteiger partial charge in [-0.1, -0.05) is 25.1 Å². The number of likely N-dealkylation sites (N-methyl/N-ethyl adjacent to an activating group) is 1. The van der Waals surface area contributed by atoms with Crippen molar-refractivity contribution < 1.29 is 0 Å². The summed E-state index contributed by atoms with van der Waals surface area (Å²) in [6, 6.07) is 9.43. The lowest BCUT2D eigenvalue weighted by molar-refractivity contribution is 0.505. The van der Waals surface area contributed by atoms with Crippen molar-refractivity contribution in [1.82, 2.24) is 15.1 Å². The van der Waals surface area contributed by atoms with Crippen LogP contribution in [0.1, 0.15) is 55.2 Å². The summed E-state index contributed by atoms with van der Waals surface area (Å²) in [5.74, 6) is 0. The van der Waals surface area contributed by atoms with Crippen LogP contribution in [0.3, 0.4) is 0 Å². The Morgan fingerprint density at radius 1 is 1.19 bits per heavy atom. The average Bonchev–Trinajstić information content (AvgIpc) is 2.90. The van der Waals surface area contributed by atoms with E-state index in [9.17, 15) is 0 Å². The molecule has 1 N–H and O–H groups in total. The summed E-state index contributed by atoms with van der Waals surface area (Å²) in [7, 11) is 0. The molecule has 2 rings (SSSR count). The lowest BCUT2D eigenvalue weighted by atomic mass is 9.94. The van der Waals surface area contributed by atoms with Crippen molar-refractivity contribution in [2.24, 2.45) is 0 Å². The van der Waals surface area contributed by atoms with Gasteiger partial charge in [0.05, 0.1) is 5.69 Å². The number of aryl methyl sites for hydroxylation is 1. The fraction of sp³-hybridized carbons (Fsp3) is 0.500. The quantitative estimate of drug-likeness (QED) is 0.870. The SMILES string of the molecule is CCNC(Cc1ccn(C(C)C)n1)c1cccc(C)c1C. The van der Waals surface area contributed by atoms with Crippen LogP contribution < -0.4 is 5.32 Å². The maximum Gasteiger partial charge on any atom is 0.0643 e. The second kappa shape index (κ2) is 6.90. The van der Waals surface area contributed by atoms with E-state index in [4.69, 9.17) is 0 Å². The topological polar surface area (TPSA) is 29.9 Å². The molecule has 0 aliphatic carbocycles. The molecule has 1 unspecified atom stereocenters. The maximum absolute atomic E-state index is 4.69. The normalized spacial score (nSPS) is 12.9. The minimum Gasteiger partial charge on any atom is -0.310 e. The van der Waals surface area contributed by atoms with Crippen molar-refractivity contribution >= 4 is 0 Å². The molecule has 114 valence electrons. The summed E-state index contributed by atoms with van der Waals surface area (Å²) in [6.07, 6.45) is 3.00. The Bertz CT molecular complexity index is 584. The molecule has 0 bridgehead atoms. The molecule has 1 atom stereocenters. The minimum atomic E-state index is 0.324. The molecule has 0 spiro atoms. The van der Waals surface area contributed by atoms with Gasteiger partial charge in [0, 0.05) is 24.7 Å². The first kappa shape index (κ1) is 15.8. The molecule has 0 saturated carbocycles. The van der Waals surface area contributed by atoms with E-state index >= 15 is 0 Å². The van der Waals surface area contributed by atoms with E-state index in [0.29, 0.717) is 12.1 Å².